The molecule has 0 aliphatic carbocycles. The number of halogens is 3. The van der Waals surface area contributed by atoms with Crippen molar-refractivity contribution in [3.05, 3.63) is 59.8 Å². The topological polar surface area (TPSA) is 119 Å². The molecular weight excluding hydrogens is 385 g/mol. The quantitative estimate of drug-likeness (QED) is 0.702. The highest BCUT2D eigenvalue weighted by Crippen LogP contribution is 2.37. The number of hydrogen-bond acceptors (Lipinski definition) is 5. The molecular formula is C16H11F3N4O3S. The Morgan fingerprint density at radius 3 is 2.30 bits per heavy atom. The lowest BCUT2D eigenvalue weighted by Crippen LogP contribution is -2.14. The molecule has 0 saturated carbocycles. The van der Waals surface area contributed by atoms with Crippen LogP contribution in [0.15, 0.2) is 58.3 Å². The maximum absolute atomic E-state index is 13.1. The monoisotopic (exact) mass is 396 g/mol. The molecule has 0 saturated heterocycles. The number of aromatic amines is 1. The number of primary amides is 1. The van der Waals surface area contributed by atoms with Crippen LogP contribution in [0.3, 0.4) is 0 Å². The number of hydrogen-bond donors (Lipinski definition) is 2. The molecule has 1 aromatic heterocycles. The van der Waals surface area contributed by atoms with Gasteiger partial charge in [0.2, 0.25) is 9.84 Å². The van der Waals surface area contributed by atoms with Gasteiger partial charge in [0.15, 0.2) is 5.69 Å². The third-order valence-electron chi connectivity index (χ3n) is 3.69. The lowest BCUT2D eigenvalue weighted by molar-refractivity contribution is -0.137. The van der Waals surface area contributed by atoms with Crippen LogP contribution in [0.2, 0.25) is 0 Å². The Labute approximate surface area is 150 Å². The summed E-state index contributed by atoms with van der Waals surface area (Å²) in [6.07, 6.45) is -4.74. The predicted octanol–water partition coefficient (Wildman–Crippen LogP) is 2.42. The van der Waals surface area contributed by atoms with Gasteiger partial charge in [-0.25, -0.2) is 8.42 Å². The third kappa shape index (κ3) is 3.40. The maximum atomic E-state index is 13.1. The first kappa shape index (κ1) is 18.6. The summed E-state index contributed by atoms with van der Waals surface area (Å²) in [5, 5.41) is 9.20. The molecule has 1 heterocycles. The summed E-state index contributed by atoms with van der Waals surface area (Å²) in [7, 11) is -4.20. The number of alkyl halides is 3. The number of carbonyl (C=O) groups excluding carboxylic acids is 1. The van der Waals surface area contributed by atoms with Crippen molar-refractivity contribution >= 4 is 15.7 Å². The van der Waals surface area contributed by atoms with Crippen LogP contribution in [0.4, 0.5) is 13.2 Å². The Hall–Kier alpha value is -3.21. The number of nitrogens with two attached hydrogens (primary N) is 1. The molecule has 3 aromatic rings. The van der Waals surface area contributed by atoms with Gasteiger partial charge >= 0.3 is 6.18 Å². The minimum absolute atomic E-state index is 0.130. The molecule has 0 bridgehead atoms. The van der Waals surface area contributed by atoms with Crippen molar-refractivity contribution in [2.24, 2.45) is 5.73 Å². The molecule has 0 fully saturated rings. The lowest BCUT2D eigenvalue weighted by Gasteiger charge is -2.13. The van der Waals surface area contributed by atoms with Gasteiger partial charge in [0.1, 0.15) is 5.69 Å². The molecule has 140 valence electrons. The number of carbonyl (C=O) groups is 1. The van der Waals surface area contributed by atoms with Crippen molar-refractivity contribution in [2.45, 2.75) is 16.0 Å². The van der Waals surface area contributed by atoms with E-state index in [2.05, 4.69) is 15.4 Å². The van der Waals surface area contributed by atoms with Gasteiger partial charge in [-0.2, -0.15) is 28.6 Å². The normalized spacial score (nSPS) is 12.1. The zero-order valence-corrected chi connectivity index (χ0v) is 14.2. The van der Waals surface area contributed by atoms with Crippen molar-refractivity contribution in [1.29, 1.82) is 0 Å². The zero-order valence-electron chi connectivity index (χ0n) is 13.4. The van der Waals surface area contributed by atoms with Crippen LogP contribution in [0.1, 0.15) is 16.1 Å². The second-order valence-corrected chi connectivity index (χ2v) is 7.33. The minimum atomic E-state index is -4.74. The van der Waals surface area contributed by atoms with Crippen LogP contribution in [-0.2, 0) is 16.0 Å². The largest absolute Gasteiger partial charge is 0.416 e. The second kappa shape index (κ2) is 6.50. The number of aromatic nitrogens is 3. The molecule has 27 heavy (non-hydrogen) atoms. The van der Waals surface area contributed by atoms with Crippen LogP contribution < -0.4 is 5.73 Å². The third-order valence-corrected chi connectivity index (χ3v) is 5.51. The number of rotatable bonds is 4. The van der Waals surface area contributed by atoms with Gasteiger partial charge in [-0.05, 0) is 30.3 Å². The number of benzene rings is 2. The van der Waals surface area contributed by atoms with Crippen molar-refractivity contribution in [2.75, 3.05) is 0 Å². The Morgan fingerprint density at radius 2 is 1.70 bits per heavy atom. The highest BCUT2D eigenvalue weighted by atomic mass is 32.2. The maximum Gasteiger partial charge on any atom is 0.416 e. The summed E-state index contributed by atoms with van der Waals surface area (Å²) in [5.41, 5.74) is 2.76. The molecule has 3 rings (SSSR count). The van der Waals surface area contributed by atoms with Gasteiger partial charge in [-0.3, -0.25) is 4.79 Å². The van der Waals surface area contributed by atoms with Gasteiger partial charge in [0.25, 0.3) is 5.91 Å². The van der Waals surface area contributed by atoms with E-state index in [4.69, 9.17) is 5.73 Å². The molecule has 0 atom stereocenters. The predicted molar refractivity (Wildman–Crippen MR) is 87.2 cm³/mol. The van der Waals surface area contributed by atoms with Crippen molar-refractivity contribution in [1.82, 2.24) is 15.4 Å². The lowest BCUT2D eigenvalue weighted by atomic mass is 10.1. The highest BCUT2D eigenvalue weighted by Gasteiger charge is 2.34. The summed E-state index contributed by atoms with van der Waals surface area (Å²) in [5.74, 6) is -1.07. The average molecular weight is 396 g/mol. The number of nitrogens with zero attached hydrogens (tertiary/aromatic N) is 2. The van der Waals surface area contributed by atoms with E-state index in [1.165, 1.54) is 24.3 Å². The van der Waals surface area contributed by atoms with E-state index in [9.17, 15) is 26.4 Å². The van der Waals surface area contributed by atoms with Crippen molar-refractivity contribution < 1.29 is 26.4 Å². The Balaban J connectivity index is 2.32. The van der Waals surface area contributed by atoms with E-state index in [0.29, 0.717) is 12.1 Å². The summed E-state index contributed by atoms with van der Waals surface area (Å²) in [6, 6.07) is 9.20. The Morgan fingerprint density at radius 1 is 1.04 bits per heavy atom. The molecule has 0 unspecified atom stereocenters. The summed E-state index contributed by atoms with van der Waals surface area (Å²) in [6.45, 7) is 0. The molecule has 7 nitrogen and oxygen atoms in total. The fourth-order valence-corrected chi connectivity index (χ4v) is 3.90. The first-order valence-electron chi connectivity index (χ1n) is 7.34. The van der Waals surface area contributed by atoms with Gasteiger partial charge in [0, 0.05) is 5.56 Å². The number of amides is 1. The Kier molecular flexibility index (Phi) is 4.47. The summed E-state index contributed by atoms with van der Waals surface area (Å²) >= 11 is 0. The highest BCUT2D eigenvalue weighted by molar-refractivity contribution is 7.91. The molecule has 11 heteroatoms. The van der Waals surface area contributed by atoms with Crippen LogP contribution in [0.25, 0.3) is 11.3 Å². The fraction of sp³-hybridized carbons (Fsp3) is 0.0625. The van der Waals surface area contributed by atoms with Crippen LogP contribution in [-0.4, -0.2) is 29.7 Å². The molecule has 0 aliphatic rings. The molecule has 0 spiro atoms. The number of nitrogens with one attached hydrogen (secondary N) is 1. The summed E-state index contributed by atoms with van der Waals surface area (Å²) < 4.78 is 65.3. The molecule has 1 amide bonds. The van der Waals surface area contributed by atoms with Gasteiger partial charge in [-0.15, -0.1) is 0 Å². The fourth-order valence-electron chi connectivity index (χ4n) is 2.44. The van der Waals surface area contributed by atoms with Gasteiger partial charge in [0.05, 0.1) is 15.4 Å². The van der Waals surface area contributed by atoms with Gasteiger partial charge < -0.3 is 5.73 Å². The van der Waals surface area contributed by atoms with E-state index in [1.807, 2.05) is 0 Å². The summed E-state index contributed by atoms with van der Waals surface area (Å²) in [4.78, 5) is 10.9. The number of sulfone groups is 1. The van der Waals surface area contributed by atoms with E-state index >= 15 is 0 Å². The van der Waals surface area contributed by atoms with Crippen molar-refractivity contribution in [3.63, 3.8) is 0 Å². The average Bonchev–Trinajstić information content (AvgIpc) is 3.11. The SMILES string of the molecule is NC(=O)c1n[nH]nc1-c1cc(C(F)(F)F)ccc1S(=O)(=O)c1ccccc1. The molecule has 3 N–H and O–H groups in total. The molecule has 0 aliphatic heterocycles. The van der Waals surface area contributed by atoms with Gasteiger partial charge in [-0.1, -0.05) is 18.2 Å². The van der Waals surface area contributed by atoms with E-state index in [1.54, 1.807) is 6.07 Å². The first-order valence-corrected chi connectivity index (χ1v) is 8.83. The molecule has 2 aromatic carbocycles. The smallest absolute Gasteiger partial charge is 0.364 e. The first-order chi connectivity index (χ1) is 12.6. The van der Waals surface area contributed by atoms with E-state index in [-0.39, 0.29) is 10.6 Å². The van der Waals surface area contributed by atoms with Crippen LogP contribution in [0.5, 0.6) is 0 Å². The zero-order chi connectivity index (χ0) is 19.8. The van der Waals surface area contributed by atoms with Crippen LogP contribution in [0, 0.1) is 0 Å². The standard InChI is InChI=1S/C16H11F3N4O3S/c17-16(18,19)9-6-7-12(27(25,26)10-4-2-1-3-5-10)11(8-9)13-14(15(20)24)22-23-21-13/h1-8H,(H2,20,24)(H,21,22,23). The van der Waals surface area contributed by atoms with E-state index < -0.39 is 43.6 Å². The Bertz CT molecular complexity index is 1110. The molecule has 0 radical (unpaired) electrons. The van der Waals surface area contributed by atoms with E-state index in [0.717, 1.165) is 6.07 Å². The van der Waals surface area contributed by atoms with Crippen LogP contribution >= 0.6 is 0 Å². The second-order valence-electron chi connectivity index (χ2n) is 5.41. The van der Waals surface area contributed by atoms with Crippen molar-refractivity contribution in [3.8, 4) is 11.3 Å². The number of H-pyrrole nitrogens is 1. The minimum Gasteiger partial charge on any atom is -0.364 e.